The second-order valence-corrected chi connectivity index (χ2v) is 6.65. The third kappa shape index (κ3) is 5.84. The molecule has 0 heterocycles. The zero-order chi connectivity index (χ0) is 16.2. The second kappa shape index (κ2) is 7.03. The van der Waals surface area contributed by atoms with Crippen LogP contribution in [-0.4, -0.2) is 23.2 Å². The fourth-order valence-corrected chi connectivity index (χ4v) is 2.22. The quantitative estimate of drug-likeness (QED) is 0.847. The monoisotopic (exact) mass is 295 g/mol. The van der Waals surface area contributed by atoms with Crippen molar-refractivity contribution in [1.82, 2.24) is 5.32 Å². The minimum absolute atomic E-state index is 0.0334. The highest BCUT2D eigenvalue weighted by atomic mass is 19.1. The topological polar surface area (TPSA) is 49.3 Å². The fourth-order valence-electron chi connectivity index (χ4n) is 2.22. The highest BCUT2D eigenvalue weighted by molar-refractivity contribution is 5.77. The number of carbonyl (C=O) groups excluding carboxylic acids is 1. The number of benzene rings is 1. The van der Waals surface area contributed by atoms with Gasteiger partial charge in [-0.1, -0.05) is 26.0 Å². The first-order chi connectivity index (χ1) is 9.60. The molecule has 1 rings (SSSR count). The average molecular weight is 295 g/mol. The van der Waals surface area contributed by atoms with Crippen LogP contribution in [0, 0.1) is 18.7 Å². The largest absolute Gasteiger partial charge is 0.389 e. The van der Waals surface area contributed by atoms with Gasteiger partial charge in [0.1, 0.15) is 5.82 Å². The lowest BCUT2D eigenvalue weighted by atomic mass is 9.85. The van der Waals surface area contributed by atoms with Gasteiger partial charge in [-0.2, -0.15) is 0 Å². The summed E-state index contributed by atoms with van der Waals surface area (Å²) in [6.45, 7) is 9.34. The van der Waals surface area contributed by atoms with Crippen molar-refractivity contribution >= 4 is 5.91 Å². The van der Waals surface area contributed by atoms with Crippen molar-refractivity contribution in [3.05, 3.63) is 35.1 Å². The summed E-state index contributed by atoms with van der Waals surface area (Å²) in [5.74, 6) is -0.0283. The molecule has 1 aromatic rings. The molecule has 0 aromatic heterocycles. The number of rotatable bonds is 6. The van der Waals surface area contributed by atoms with E-state index in [0.29, 0.717) is 12.0 Å². The average Bonchev–Trinajstić information content (AvgIpc) is 2.36. The summed E-state index contributed by atoms with van der Waals surface area (Å²) in [5.41, 5.74) is 0.646. The molecule has 3 nitrogen and oxygen atoms in total. The number of amides is 1. The molecule has 0 radical (unpaired) electrons. The van der Waals surface area contributed by atoms with Gasteiger partial charge in [0.15, 0.2) is 0 Å². The maximum absolute atomic E-state index is 13.4. The molecule has 0 aliphatic rings. The summed E-state index contributed by atoms with van der Waals surface area (Å²) in [6.07, 6.45) is 0.332. The number of carbonyl (C=O) groups is 1. The number of hydrogen-bond donors (Lipinski definition) is 2. The maximum atomic E-state index is 13.4. The van der Waals surface area contributed by atoms with Crippen molar-refractivity contribution in [3.8, 4) is 0 Å². The summed E-state index contributed by atoms with van der Waals surface area (Å²) < 4.78 is 13.4. The normalized spacial score (nSPS) is 13.3. The van der Waals surface area contributed by atoms with E-state index in [1.54, 1.807) is 26.8 Å². The van der Waals surface area contributed by atoms with Crippen LogP contribution in [0.15, 0.2) is 18.2 Å². The van der Waals surface area contributed by atoms with E-state index in [1.165, 1.54) is 6.07 Å². The fraction of sp³-hybridized carbons (Fsp3) is 0.588. The Hall–Kier alpha value is -1.42. The number of aliphatic hydroxyl groups is 1. The predicted octanol–water partition coefficient (Wildman–Crippen LogP) is 3.15. The molecular formula is C17H26FNO2. The smallest absolute Gasteiger partial charge is 0.220 e. The first-order valence-corrected chi connectivity index (χ1v) is 7.35. The zero-order valence-corrected chi connectivity index (χ0v) is 13.5. The molecule has 2 N–H and O–H groups in total. The Kier molecular flexibility index (Phi) is 5.90. The van der Waals surface area contributed by atoms with Crippen LogP contribution in [0.2, 0.25) is 0 Å². The Morgan fingerprint density at radius 3 is 2.48 bits per heavy atom. The molecular weight excluding hydrogens is 269 g/mol. The summed E-state index contributed by atoms with van der Waals surface area (Å²) in [7, 11) is 0. The van der Waals surface area contributed by atoms with Gasteiger partial charge in [0, 0.05) is 13.0 Å². The number of halogens is 1. The number of nitrogens with one attached hydrogen (secondary N) is 1. The Morgan fingerprint density at radius 2 is 2.00 bits per heavy atom. The lowest BCUT2D eigenvalue weighted by molar-refractivity contribution is -0.122. The van der Waals surface area contributed by atoms with Gasteiger partial charge in [-0.25, -0.2) is 4.39 Å². The maximum Gasteiger partial charge on any atom is 0.220 e. The molecule has 1 unspecified atom stereocenters. The Balaban J connectivity index is 2.78. The first-order valence-electron chi connectivity index (χ1n) is 7.35. The molecule has 0 aliphatic carbocycles. The van der Waals surface area contributed by atoms with E-state index in [9.17, 15) is 14.3 Å². The molecule has 118 valence electrons. The summed E-state index contributed by atoms with van der Waals surface area (Å²) in [4.78, 5) is 12.0. The zero-order valence-electron chi connectivity index (χ0n) is 13.5. The van der Waals surface area contributed by atoms with Gasteiger partial charge in [0.05, 0.1) is 5.60 Å². The lowest BCUT2D eigenvalue weighted by Crippen LogP contribution is -2.38. The highest BCUT2D eigenvalue weighted by Gasteiger charge is 2.21. The van der Waals surface area contributed by atoms with Crippen LogP contribution in [0.1, 0.15) is 51.2 Å². The van der Waals surface area contributed by atoms with Crippen LogP contribution in [0.3, 0.4) is 0 Å². The van der Waals surface area contributed by atoms with Crippen LogP contribution in [0.25, 0.3) is 0 Å². The molecule has 0 spiro atoms. The van der Waals surface area contributed by atoms with E-state index in [1.807, 2.05) is 19.9 Å². The third-order valence-corrected chi connectivity index (χ3v) is 3.54. The van der Waals surface area contributed by atoms with E-state index < -0.39 is 5.60 Å². The van der Waals surface area contributed by atoms with E-state index in [4.69, 9.17) is 0 Å². The van der Waals surface area contributed by atoms with Crippen molar-refractivity contribution < 1.29 is 14.3 Å². The van der Waals surface area contributed by atoms with Crippen LogP contribution < -0.4 is 5.32 Å². The van der Waals surface area contributed by atoms with E-state index in [-0.39, 0.29) is 30.1 Å². The van der Waals surface area contributed by atoms with E-state index in [2.05, 4.69) is 5.32 Å². The van der Waals surface area contributed by atoms with Crippen LogP contribution in [-0.2, 0) is 4.79 Å². The molecule has 0 saturated heterocycles. The molecule has 4 heteroatoms. The van der Waals surface area contributed by atoms with Crippen molar-refractivity contribution in [2.75, 3.05) is 6.54 Å². The molecule has 0 fully saturated rings. The summed E-state index contributed by atoms with van der Waals surface area (Å²) in [5, 5.41) is 12.4. The minimum Gasteiger partial charge on any atom is -0.389 e. The standard InChI is InChI=1S/C17H26FNO2/c1-11(2)14(9-16(20)19-10-17(4,5)21)13-6-7-15(18)12(3)8-13/h6-8,11,14,21H,9-10H2,1-5H3,(H,19,20). The van der Waals surface area contributed by atoms with Crippen molar-refractivity contribution in [2.45, 2.75) is 52.6 Å². The third-order valence-electron chi connectivity index (χ3n) is 3.54. The molecule has 1 atom stereocenters. The summed E-state index contributed by atoms with van der Waals surface area (Å²) in [6, 6.07) is 5.01. The summed E-state index contributed by atoms with van der Waals surface area (Å²) >= 11 is 0. The molecule has 0 saturated carbocycles. The molecule has 21 heavy (non-hydrogen) atoms. The van der Waals surface area contributed by atoms with Gasteiger partial charge in [-0.05, 0) is 49.8 Å². The SMILES string of the molecule is Cc1cc(C(CC(=O)NCC(C)(C)O)C(C)C)ccc1F. The highest BCUT2D eigenvalue weighted by Crippen LogP contribution is 2.29. The van der Waals surface area contributed by atoms with E-state index in [0.717, 1.165) is 5.56 Å². The molecule has 1 amide bonds. The van der Waals surface area contributed by atoms with E-state index >= 15 is 0 Å². The van der Waals surface area contributed by atoms with Crippen molar-refractivity contribution in [2.24, 2.45) is 5.92 Å². The van der Waals surface area contributed by atoms with Crippen LogP contribution in [0.4, 0.5) is 4.39 Å². The van der Waals surface area contributed by atoms with Gasteiger partial charge < -0.3 is 10.4 Å². The Morgan fingerprint density at radius 1 is 1.38 bits per heavy atom. The Bertz CT molecular complexity index is 492. The van der Waals surface area contributed by atoms with Gasteiger partial charge in [-0.3, -0.25) is 4.79 Å². The Labute approximate surface area is 126 Å². The number of aryl methyl sites for hydroxylation is 1. The van der Waals surface area contributed by atoms with Crippen molar-refractivity contribution in [1.29, 1.82) is 0 Å². The van der Waals surface area contributed by atoms with Gasteiger partial charge in [0.2, 0.25) is 5.91 Å². The molecule has 1 aromatic carbocycles. The lowest BCUT2D eigenvalue weighted by Gasteiger charge is -2.23. The van der Waals surface area contributed by atoms with Crippen molar-refractivity contribution in [3.63, 3.8) is 0 Å². The number of hydrogen-bond acceptors (Lipinski definition) is 2. The van der Waals surface area contributed by atoms with Gasteiger partial charge in [-0.15, -0.1) is 0 Å². The van der Waals surface area contributed by atoms with Gasteiger partial charge >= 0.3 is 0 Å². The molecule has 0 aliphatic heterocycles. The first kappa shape index (κ1) is 17.6. The van der Waals surface area contributed by atoms with Crippen LogP contribution >= 0.6 is 0 Å². The predicted molar refractivity (Wildman–Crippen MR) is 82.6 cm³/mol. The minimum atomic E-state index is -0.921. The van der Waals surface area contributed by atoms with Gasteiger partial charge in [0.25, 0.3) is 0 Å². The molecule has 0 bridgehead atoms. The van der Waals surface area contributed by atoms with Crippen LogP contribution in [0.5, 0.6) is 0 Å². The second-order valence-electron chi connectivity index (χ2n) is 6.65.